The minimum atomic E-state index is -0.264. The predicted molar refractivity (Wildman–Crippen MR) is 55.4 cm³/mol. The van der Waals surface area contributed by atoms with Gasteiger partial charge in [-0.3, -0.25) is 0 Å². The first-order chi connectivity index (χ1) is 6.79. The lowest BCUT2D eigenvalue weighted by Crippen LogP contribution is -1.77. The quantitative estimate of drug-likeness (QED) is 0.649. The first-order valence-corrected chi connectivity index (χ1v) is 4.79. The summed E-state index contributed by atoms with van der Waals surface area (Å²) in [6, 6.07) is 6.31. The van der Waals surface area contributed by atoms with Gasteiger partial charge in [-0.2, -0.15) is 0 Å². The SMILES string of the molecule is C#Cc1cnc(-c2cccc(F)c2)s1. The molecule has 0 spiro atoms. The fourth-order valence-corrected chi connectivity index (χ4v) is 1.82. The summed E-state index contributed by atoms with van der Waals surface area (Å²) in [7, 11) is 0. The third kappa shape index (κ3) is 1.66. The van der Waals surface area contributed by atoms with E-state index in [1.54, 1.807) is 12.3 Å². The summed E-state index contributed by atoms with van der Waals surface area (Å²) in [6.07, 6.45) is 6.83. The van der Waals surface area contributed by atoms with Gasteiger partial charge in [0.25, 0.3) is 0 Å². The Bertz CT molecular complexity index is 496. The minimum Gasteiger partial charge on any atom is -0.243 e. The molecule has 0 aliphatic rings. The highest BCUT2D eigenvalue weighted by Crippen LogP contribution is 2.24. The number of nitrogens with zero attached hydrogens (tertiary/aromatic N) is 1. The van der Waals surface area contributed by atoms with E-state index in [4.69, 9.17) is 6.42 Å². The second-order valence-electron chi connectivity index (χ2n) is 2.68. The maximum Gasteiger partial charge on any atom is 0.124 e. The van der Waals surface area contributed by atoms with Gasteiger partial charge in [0.05, 0.1) is 11.1 Å². The molecule has 0 amide bonds. The molecule has 1 aromatic heterocycles. The van der Waals surface area contributed by atoms with Crippen molar-refractivity contribution < 1.29 is 4.39 Å². The molecule has 2 rings (SSSR count). The van der Waals surface area contributed by atoms with Crippen LogP contribution in [0.1, 0.15) is 4.88 Å². The second-order valence-corrected chi connectivity index (χ2v) is 3.71. The third-order valence-corrected chi connectivity index (χ3v) is 2.70. The largest absolute Gasteiger partial charge is 0.243 e. The van der Waals surface area contributed by atoms with Crippen LogP contribution in [0.3, 0.4) is 0 Å². The third-order valence-electron chi connectivity index (χ3n) is 1.72. The Labute approximate surface area is 85.2 Å². The summed E-state index contributed by atoms with van der Waals surface area (Å²) in [6.45, 7) is 0. The zero-order chi connectivity index (χ0) is 9.97. The van der Waals surface area contributed by atoms with Crippen LogP contribution in [-0.4, -0.2) is 4.98 Å². The molecule has 0 aliphatic heterocycles. The maximum absolute atomic E-state index is 12.9. The van der Waals surface area contributed by atoms with Crippen molar-refractivity contribution in [1.82, 2.24) is 4.98 Å². The molecule has 0 unspecified atom stereocenters. The van der Waals surface area contributed by atoms with Gasteiger partial charge >= 0.3 is 0 Å². The summed E-state index contributed by atoms with van der Waals surface area (Å²) in [5.41, 5.74) is 0.761. The van der Waals surface area contributed by atoms with Crippen LogP contribution in [0.15, 0.2) is 30.5 Å². The number of rotatable bonds is 1. The number of terminal acetylenes is 1. The van der Waals surface area contributed by atoms with Crippen LogP contribution in [-0.2, 0) is 0 Å². The molecule has 0 saturated carbocycles. The molecule has 0 radical (unpaired) electrons. The normalized spacial score (nSPS) is 9.71. The van der Waals surface area contributed by atoms with E-state index >= 15 is 0 Å². The predicted octanol–water partition coefficient (Wildman–Crippen LogP) is 2.93. The van der Waals surface area contributed by atoms with Gasteiger partial charge in [-0.25, -0.2) is 9.37 Å². The first kappa shape index (κ1) is 8.92. The Balaban J connectivity index is 2.45. The molecule has 14 heavy (non-hydrogen) atoms. The van der Waals surface area contributed by atoms with Crippen LogP contribution >= 0.6 is 11.3 Å². The molecule has 3 heteroatoms. The molecular formula is C11H6FNS. The number of hydrogen-bond acceptors (Lipinski definition) is 2. The number of benzene rings is 1. The lowest BCUT2D eigenvalue weighted by atomic mass is 10.2. The van der Waals surface area contributed by atoms with Gasteiger partial charge in [0.15, 0.2) is 0 Å². The maximum atomic E-state index is 12.9. The summed E-state index contributed by atoms with van der Waals surface area (Å²) in [5, 5.41) is 0.748. The zero-order valence-corrected chi connectivity index (χ0v) is 8.01. The van der Waals surface area contributed by atoms with Crippen molar-refractivity contribution >= 4 is 11.3 Å². The van der Waals surface area contributed by atoms with Crippen molar-refractivity contribution in [1.29, 1.82) is 0 Å². The average Bonchev–Trinajstić information content (AvgIpc) is 2.66. The molecule has 68 valence electrons. The van der Waals surface area contributed by atoms with Crippen molar-refractivity contribution in [3.8, 4) is 22.9 Å². The van der Waals surface area contributed by atoms with Crippen molar-refractivity contribution in [2.24, 2.45) is 0 Å². The molecule has 0 atom stereocenters. The van der Waals surface area contributed by atoms with E-state index in [1.165, 1.54) is 23.5 Å². The smallest absolute Gasteiger partial charge is 0.124 e. The highest BCUT2D eigenvalue weighted by atomic mass is 32.1. The van der Waals surface area contributed by atoms with Crippen LogP contribution in [0.2, 0.25) is 0 Å². The van der Waals surface area contributed by atoms with Crippen LogP contribution < -0.4 is 0 Å². The fraction of sp³-hybridized carbons (Fsp3) is 0. The van der Waals surface area contributed by atoms with Gasteiger partial charge in [0.1, 0.15) is 10.8 Å². The van der Waals surface area contributed by atoms with Crippen LogP contribution in [0.25, 0.3) is 10.6 Å². The van der Waals surface area contributed by atoms with E-state index in [0.717, 1.165) is 15.4 Å². The molecule has 0 bridgehead atoms. The molecule has 2 aromatic rings. The highest BCUT2D eigenvalue weighted by Gasteiger charge is 2.03. The first-order valence-electron chi connectivity index (χ1n) is 3.98. The van der Waals surface area contributed by atoms with Gasteiger partial charge in [-0.05, 0) is 12.1 Å². The zero-order valence-electron chi connectivity index (χ0n) is 7.20. The van der Waals surface area contributed by atoms with E-state index in [2.05, 4.69) is 10.9 Å². The second kappa shape index (κ2) is 3.60. The Morgan fingerprint density at radius 3 is 2.93 bits per heavy atom. The van der Waals surface area contributed by atoms with Crippen molar-refractivity contribution in [2.45, 2.75) is 0 Å². The molecule has 0 saturated heterocycles. The van der Waals surface area contributed by atoms with E-state index in [0.29, 0.717) is 0 Å². The standard InChI is InChI=1S/C11H6FNS/c1-2-10-7-13-11(14-10)8-4-3-5-9(12)6-8/h1,3-7H. The van der Waals surface area contributed by atoms with Crippen LogP contribution in [0.5, 0.6) is 0 Å². The number of hydrogen-bond donors (Lipinski definition) is 0. The minimum absolute atomic E-state index is 0.264. The number of thiazole rings is 1. The number of aromatic nitrogens is 1. The van der Waals surface area contributed by atoms with E-state index < -0.39 is 0 Å². The summed E-state index contributed by atoms with van der Waals surface area (Å²) in [4.78, 5) is 4.86. The Kier molecular flexibility index (Phi) is 2.30. The molecule has 1 aromatic carbocycles. The summed E-state index contributed by atoms with van der Waals surface area (Å²) >= 11 is 1.38. The van der Waals surface area contributed by atoms with Crippen molar-refractivity contribution in [3.05, 3.63) is 41.2 Å². The lowest BCUT2D eigenvalue weighted by molar-refractivity contribution is 0.628. The average molecular weight is 203 g/mol. The molecular weight excluding hydrogens is 197 g/mol. The number of halogens is 1. The monoisotopic (exact) mass is 203 g/mol. The Morgan fingerprint density at radius 1 is 1.43 bits per heavy atom. The van der Waals surface area contributed by atoms with Gasteiger partial charge in [-0.1, -0.05) is 18.1 Å². The molecule has 1 heterocycles. The van der Waals surface area contributed by atoms with Crippen molar-refractivity contribution in [2.75, 3.05) is 0 Å². The summed E-state index contributed by atoms with van der Waals surface area (Å²) in [5.74, 6) is 2.23. The van der Waals surface area contributed by atoms with Gasteiger partial charge in [0.2, 0.25) is 0 Å². The Morgan fingerprint density at radius 2 is 2.29 bits per heavy atom. The van der Waals surface area contributed by atoms with Crippen LogP contribution in [0.4, 0.5) is 4.39 Å². The molecule has 0 N–H and O–H groups in total. The molecule has 0 aliphatic carbocycles. The highest BCUT2D eigenvalue weighted by molar-refractivity contribution is 7.15. The Hall–Kier alpha value is -1.66. The fourth-order valence-electron chi connectivity index (χ4n) is 1.10. The lowest BCUT2D eigenvalue weighted by Gasteiger charge is -1.94. The van der Waals surface area contributed by atoms with Gasteiger partial charge in [-0.15, -0.1) is 17.8 Å². The molecule has 1 nitrogen and oxygen atoms in total. The molecule has 0 fully saturated rings. The van der Waals surface area contributed by atoms with Gasteiger partial charge in [0, 0.05) is 5.56 Å². The topological polar surface area (TPSA) is 12.9 Å². The van der Waals surface area contributed by atoms with E-state index in [-0.39, 0.29) is 5.82 Å². The van der Waals surface area contributed by atoms with Crippen LogP contribution in [0, 0.1) is 18.2 Å². The van der Waals surface area contributed by atoms with Gasteiger partial charge < -0.3 is 0 Å². The van der Waals surface area contributed by atoms with E-state index in [9.17, 15) is 4.39 Å². The van der Waals surface area contributed by atoms with Crippen molar-refractivity contribution in [3.63, 3.8) is 0 Å². The summed E-state index contributed by atoms with van der Waals surface area (Å²) < 4.78 is 12.9. The van der Waals surface area contributed by atoms with E-state index in [1.807, 2.05) is 6.07 Å².